The molecular weight excluding hydrogens is 212 g/mol. The first kappa shape index (κ1) is 14.9. The highest BCUT2D eigenvalue weighted by Crippen LogP contribution is 1.91. The molecule has 2 heterocycles. The van der Waals surface area contributed by atoms with Gasteiger partial charge in [0.25, 0.3) is 0 Å². The summed E-state index contributed by atoms with van der Waals surface area (Å²) in [5.41, 5.74) is 0. The summed E-state index contributed by atoms with van der Waals surface area (Å²) < 4.78 is 16.1. The Kier molecular flexibility index (Phi) is 8.04. The third-order valence-corrected chi connectivity index (χ3v) is 4.04. The van der Waals surface area contributed by atoms with Gasteiger partial charge in [-0.2, -0.15) is 0 Å². The van der Waals surface area contributed by atoms with Gasteiger partial charge in [0.15, 0.2) is 0 Å². The SMILES string of the molecule is C.C1COCCN1.C=S1(=O)CCNCC1. The van der Waals surface area contributed by atoms with Crippen molar-refractivity contribution in [2.75, 3.05) is 50.9 Å². The van der Waals surface area contributed by atoms with Gasteiger partial charge >= 0.3 is 0 Å². The molecule has 0 aromatic carbocycles. The third-order valence-electron chi connectivity index (χ3n) is 2.15. The van der Waals surface area contributed by atoms with Crippen molar-refractivity contribution in [3.05, 3.63) is 0 Å². The van der Waals surface area contributed by atoms with Gasteiger partial charge in [-0.05, 0) is 15.4 Å². The fourth-order valence-electron chi connectivity index (χ4n) is 1.26. The molecule has 2 aliphatic rings. The quantitative estimate of drug-likeness (QED) is 0.559. The molecule has 15 heavy (non-hydrogen) atoms. The van der Waals surface area contributed by atoms with Crippen LogP contribution in [-0.2, 0) is 14.3 Å². The smallest absolute Gasteiger partial charge is 0.0591 e. The predicted molar refractivity (Wildman–Crippen MR) is 68.3 cm³/mol. The van der Waals surface area contributed by atoms with Crippen molar-refractivity contribution in [3.63, 3.8) is 0 Å². The lowest BCUT2D eigenvalue weighted by atomic mass is 10.5. The van der Waals surface area contributed by atoms with Crippen LogP contribution < -0.4 is 10.6 Å². The van der Waals surface area contributed by atoms with E-state index in [1.807, 2.05) is 0 Å². The molecule has 0 aromatic heterocycles. The van der Waals surface area contributed by atoms with Crippen LogP contribution in [0.15, 0.2) is 0 Å². The lowest BCUT2D eigenvalue weighted by Gasteiger charge is -2.15. The minimum atomic E-state index is -1.65. The molecule has 2 rings (SSSR count). The Morgan fingerprint density at radius 1 is 1.00 bits per heavy atom. The van der Waals surface area contributed by atoms with Crippen molar-refractivity contribution < 1.29 is 8.95 Å². The predicted octanol–water partition coefficient (Wildman–Crippen LogP) is -0.452. The lowest BCUT2D eigenvalue weighted by molar-refractivity contribution is 0.109. The summed E-state index contributed by atoms with van der Waals surface area (Å²) in [5, 5.41) is 6.28. The van der Waals surface area contributed by atoms with E-state index in [0.717, 1.165) is 50.9 Å². The Bertz CT molecular complexity index is 212. The molecule has 0 bridgehead atoms. The zero-order chi connectivity index (χ0) is 10.3. The summed E-state index contributed by atoms with van der Waals surface area (Å²) in [4.78, 5) is 0. The minimum Gasteiger partial charge on any atom is -0.379 e. The van der Waals surface area contributed by atoms with E-state index >= 15 is 0 Å². The fourth-order valence-corrected chi connectivity index (χ4v) is 2.50. The molecule has 0 radical (unpaired) electrons. The van der Waals surface area contributed by atoms with Crippen LogP contribution in [0.1, 0.15) is 7.43 Å². The highest BCUT2D eigenvalue weighted by molar-refractivity contribution is 8.00. The molecule has 0 aliphatic carbocycles. The van der Waals surface area contributed by atoms with E-state index < -0.39 is 9.52 Å². The number of ether oxygens (including phenoxy) is 1. The Hall–Kier alpha value is -0.100. The van der Waals surface area contributed by atoms with Crippen LogP contribution >= 0.6 is 0 Å². The van der Waals surface area contributed by atoms with Crippen molar-refractivity contribution >= 4 is 15.4 Å². The van der Waals surface area contributed by atoms with Crippen molar-refractivity contribution in [3.8, 4) is 0 Å². The normalized spacial score (nSPS) is 24.3. The average Bonchev–Trinajstić information content (AvgIpc) is 2.21. The maximum absolute atomic E-state index is 11.1. The van der Waals surface area contributed by atoms with E-state index in [-0.39, 0.29) is 7.43 Å². The Labute approximate surface area is 93.8 Å². The second-order valence-corrected chi connectivity index (χ2v) is 6.23. The molecule has 2 N–H and O–H groups in total. The molecule has 0 atom stereocenters. The van der Waals surface area contributed by atoms with Crippen LogP contribution in [0.4, 0.5) is 0 Å². The second kappa shape index (κ2) is 8.10. The number of morpholine rings is 1. The monoisotopic (exact) mass is 236 g/mol. The van der Waals surface area contributed by atoms with E-state index in [1.54, 1.807) is 0 Å². The number of hydrogen-bond donors (Lipinski definition) is 2. The van der Waals surface area contributed by atoms with Gasteiger partial charge in [0, 0.05) is 37.7 Å². The van der Waals surface area contributed by atoms with Crippen molar-refractivity contribution in [1.29, 1.82) is 0 Å². The van der Waals surface area contributed by atoms with Crippen LogP contribution in [0.5, 0.6) is 0 Å². The molecule has 2 fully saturated rings. The van der Waals surface area contributed by atoms with Crippen LogP contribution in [0, 0.1) is 0 Å². The van der Waals surface area contributed by atoms with Crippen molar-refractivity contribution in [1.82, 2.24) is 10.6 Å². The molecule has 2 saturated heterocycles. The highest BCUT2D eigenvalue weighted by atomic mass is 32.2. The van der Waals surface area contributed by atoms with E-state index in [4.69, 9.17) is 4.74 Å². The van der Waals surface area contributed by atoms with Crippen LogP contribution in [0.25, 0.3) is 0 Å². The molecular formula is C10H24N2O2S. The molecule has 0 aromatic rings. The van der Waals surface area contributed by atoms with Gasteiger partial charge in [-0.1, -0.05) is 7.43 Å². The summed E-state index contributed by atoms with van der Waals surface area (Å²) in [5.74, 6) is 5.13. The highest BCUT2D eigenvalue weighted by Gasteiger charge is 2.07. The number of hydrogen-bond acceptors (Lipinski definition) is 4. The third kappa shape index (κ3) is 7.79. The summed E-state index contributed by atoms with van der Waals surface area (Å²) in [6.45, 7) is 5.59. The molecule has 2 aliphatic heterocycles. The first-order valence-corrected chi connectivity index (χ1v) is 7.09. The van der Waals surface area contributed by atoms with E-state index in [0.29, 0.717) is 0 Å². The lowest BCUT2D eigenvalue weighted by Crippen LogP contribution is -2.35. The molecule has 4 nitrogen and oxygen atoms in total. The standard InChI is InChI=1S/C5H11NOS.C4H9NO.CH4/c1-8(7)4-2-6-3-5-8;1-3-6-4-2-5-1;/h6H,1-5H2;5H,1-4H2;1H4. The fraction of sp³-hybridized carbons (Fsp3) is 0.900. The number of nitrogens with one attached hydrogen (secondary N) is 2. The molecule has 0 saturated carbocycles. The minimum absolute atomic E-state index is 0. The van der Waals surface area contributed by atoms with Crippen LogP contribution in [0.2, 0.25) is 0 Å². The van der Waals surface area contributed by atoms with Gasteiger partial charge in [-0.25, -0.2) is 0 Å². The van der Waals surface area contributed by atoms with Gasteiger partial charge in [0.05, 0.1) is 13.2 Å². The second-order valence-electron chi connectivity index (χ2n) is 3.49. The maximum Gasteiger partial charge on any atom is 0.0591 e. The van der Waals surface area contributed by atoms with Gasteiger partial charge in [-0.3, -0.25) is 4.21 Å². The van der Waals surface area contributed by atoms with E-state index in [9.17, 15) is 4.21 Å². The topological polar surface area (TPSA) is 50.4 Å². The van der Waals surface area contributed by atoms with Gasteiger partial charge in [0.2, 0.25) is 0 Å². The zero-order valence-corrected chi connectivity index (χ0v) is 9.41. The molecule has 0 unspecified atom stereocenters. The Morgan fingerprint density at radius 3 is 1.67 bits per heavy atom. The van der Waals surface area contributed by atoms with Crippen molar-refractivity contribution in [2.24, 2.45) is 0 Å². The Morgan fingerprint density at radius 2 is 1.47 bits per heavy atom. The zero-order valence-electron chi connectivity index (χ0n) is 8.59. The maximum atomic E-state index is 11.1. The first-order valence-electron chi connectivity index (χ1n) is 5.02. The van der Waals surface area contributed by atoms with Gasteiger partial charge in [0.1, 0.15) is 0 Å². The summed E-state index contributed by atoms with van der Waals surface area (Å²) in [6, 6.07) is 0. The average molecular weight is 236 g/mol. The van der Waals surface area contributed by atoms with E-state index in [1.165, 1.54) is 0 Å². The van der Waals surface area contributed by atoms with Crippen molar-refractivity contribution in [2.45, 2.75) is 7.43 Å². The van der Waals surface area contributed by atoms with Gasteiger partial charge < -0.3 is 15.4 Å². The molecule has 92 valence electrons. The van der Waals surface area contributed by atoms with Crippen LogP contribution in [-0.4, -0.2) is 61.0 Å². The molecule has 5 heteroatoms. The van der Waals surface area contributed by atoms with Gasteiger partial charge in [-0.15, -0.1) is 0 Å². The summed E-state index contributed by atoms with van der Waals surface area (Å²) >= 11 is 0. The molecule has 0 amide bonds. The summed E-state index contributed by atoms with van der Waals surface area (Å²) in [7, 11) is -1.65. The number of rotatable bonds is 0. The largest absolute Gasteiger partial charge is 0.379 e. The molecule has 0 spiro atoms. The van der Waals surface area contributed by atoms with Crippen LogP contribution in [0.3, 0.4) is 0 Å². The first-order chi connectivity index (χ1) is 6.71. The summed E-state index contributed by atoms with van der Waals surface area (Å²) in [6.07, 6.45) is 0. The Balaban J connectivity index is 0.000000253. The van der Waals surface area contributed by atoms with E-state index in [2.05, 4.69) is 16.5 Å².